The van der Waals surface area contributed by atoms with Crippen molar-refractivity contribution in [1.29, 1.82) is 0 Å². The lowest BCUT2D eigenvalue weighted by Crippen LogP contribution is -2.30. The van der Waals surface area contributed by atoms with Gasteiger partial charge in [-0.15, -0.1) is 0 Å². The Morgan fingerprint density at radius 2 is 1.86 bits per heavy atom. The summed E-state index contributed by atoms with van der Waals surface area (Å²) < 4.78 is 41.5. The zero-order valence-electron chi connectivity index (χ0n) is 16.3. The van der Waals surface area contributed by atoms with E-state index in [1.807, 2.05) is 31.3 Å². The average Bonchev–Trinajstić information content (AvgIpc) is 3.46. The van der Waals surface area contributed by atoms with E-state index in [0.29, 0.717) is 18.2 Å². The maximum absolute atomic E-state index is 13.1. The van der Waals surface area contributed by atoms with Gasteiger partial charge in [0.1, 0.15) is 5.82 Å². The number of rotatable bonds is 7. The van der Waals surface area contributed by atoms with E-state index in [4.69, 9.17) is 0 Å². The molecule has 4 rings (SSSR count). The second-order valence-electron chi connectivity index (χ2n) is 7.66. The lowest BCUT2D eigenvalue weighted by atomic mass is 10.0. The van der Waals surface area contributed by atoms with E-state index in [1.165, 1.54) is 17.7 Å². The van der Waals surface area contributed by atoms with Crippen molar-refractivity contribution in [2.45, 2.75) is 51.1 Å². The predicted molar refractivity (Wildman–Crippen MR) is 106 cm³/mol. The Labute approximate surface area is 168 Å². The molecule has 3 aromatic rings. The Morgan fingerprint density at radius 1 is 1.10 bits per heavy atom. The fourth-order valence-corrected chi connectivity index (χ4v) is 3.73. The van der Waals surface area contributed by atoms with Crippen molar-refractivity contribution in [3.05, 3.63) is 89.5 Å². The first kappa shape index (κ1) is 19.7. The second-order valence-corrected chi connectivity index (χ2v) is 7.66. The molecule has 6 heteroatoms. The lowest BCUT2D eigenvalue weighted by molar-refractivity contribution is -0.137. The van der Waals surface area contributed by atoms with Gasteiger partial charge >= 0.3 is 6.18 Å². The summed E-state index contributed by atoms with van der Waals surface area (Å²) in [4.78, 5) is 6.81. The van der Waals surface area contributed by atoms with E-state index in [1.54, 1.807) is 12.3 Å². The van der Waals surface area contributed by atoms with Crippen LogP contribution in [-0.4, -0.2) is 20.5 Å². The first-order chi connectivity index (χ1) is 13.9. The molecule has 1 heterocycles. The van der Waals surface area contributed by atoms with Crippen LogP contribution >= 0.6 is 0 Å². The van der Waals surface area contributed by atoms with Crippen LogP contribution in [0, 0.1) is 0 Å². The quantitative estimate of drug-likeness (QED) is 0.510. The monoisotopic (exact) mass is 399 g/mol. The molecule has 0 N–H and O–H groups in total. The number of aromatic nitrogens is 2. The molecule has 3 nitrogen and oxygen atoms in total. The van der Waals surface area contributed by atoms with Gasteiger partial charge in [-0.05, 0) is 43.0 Å². The number of hydrogen-bond acceptors (Lipinski definition) is 2. The summed E-state index contributed by atoms with van der Waals surface area (Å²) in [6, 6.07) is 16.1. The number of halogens is 3. The van der Waals surface area contributed by atoms with Crippen molar-refractivity contribution in [1.82, 2.24) is 14.5 Å². The lowest BCUT2D eigenvalue weighted by Gasteiger charge is -2.30. The third-order valence-corrected chi connectivity index (χ3v) is 5.53. The van der Waals surface area contributed by atoms with Gasteiger partial charge in [-0.2, -0.15) is 13.2 Å². The largest absolute Gasteiger partial charge is 0.416 e. The van der Waals surface area contributed by atoms with Gasteiger partial charge in [0.05, 0.1) is 12.1 Å². The van der Waals surface area contributed by atoms with E-state index < -0.39 is 11.7 Å². The van der Waals surface area contributed by atoms with Crippen molar-refractivity contribution in [3.63, 3.8) is 0 Å². The fourth-order valence-electron chi connectivity index (χ4n) is 3.73. The highest BCUT2D eigenvalue weighted by atomic mass is 19.4. The van der Waals surface area contributed by atoms with E-state index in [9.17, 15) is 13.2 Å². The van der Waals surface area contributed by atoms with E-state index in [2.05, 4.69) is 26.6 Å². The minimum Gasteiger partial charge on any atom is -0.329 e. The van der Waals surface area contributed by atoms with E-state index in [-0.39, 0.29) is 6.04 Å². The third-order valence-electron chi connectivity index (χ3n) is 5.53. The predicted octanol–water partition coefficient (Wildman–Crippen LogP) is 5.68. The van der Waals surface area contributed by atoms with Gasteiger partial charge in [0.2, 0.25) is 0 Å². The summed E-state index contributed by atoms with van der Waals surface area (Å²) in [5.41, 5.74) is 1.28. The molecule has 1 atom stereocenters. The van der Waals surface area contributed by atoms with Crippen LogP contribution in [0.15, 0.2) is 67.0 Å². The number of benzene rings is 2. The Kier molecular flexibility index (Phi) is 5.46. The van der Waals surface area contributed by atoms with Gasteiger partial charge in [-0.3, -0.25) is 4.90 Å². The number of nitrogens with zero attached hydrogens (tertiary/aromatic N) is 3. The third kappa shape index (κ3) is 4.70. The molecule has 1 unspecified atom stereocenters. The maximum Gasteiger partial charge on any atom is 0.416 e. The van der Waals surface area contributed by atoms with Crippen LogP contribution in [-0.2, 0) is 19.3 Å². The highest BCUT2D eigenvalue weighted by Gasteiger charge is 2.35. The summed E-state index contributed by atoms with van der Waals surface area (Å²) in [6.07, 6.45) is 1.57. The molecule has 1 saturated carbocycles. The Bertz CT molecular complexity index is 945. The van der Waals surface area contributed by atoms with Crippen molar-refractivity contribution >= 4 is 0 Å². The number of imidazole rings is 1. The van der Waals surface area contributed by atoms with Crippen LogP contribution in [0.3, 0.4) is 0 Å². The first-order valence-electron chi connectivity index (χ1n) is 9.88. The van der Waals surface area contributed by atoms with Crippen molar-refractivity contribution in [3.8, 4) is 0 Å². The normalized spacial score (nSPS) is 15.6. The Morgan fingerprint density at radius 3 is 2.55 bits per heavy atom. The smallest absolute Gasteiger partial charge is 0.329 e. The molecule has 1 fully saturated rings. The summed E-state index contributed by atoms with van der Waals surface area (Å²) in [7, 11) is 0. The van der Waals surface area contributed by atoms with Crippen LogP contribution in [0.1, 0.15) is 48.3 Å². The molecule has 0 radical (unpaired) electrons. The van der Waals surface area contributed by atoms with Crippen LogP contribution < -0.4 is 0 Å². The molecule has 1 aromatic heterocycles. The van der Waals surface area contributed by atoms with Crippen LogP contribution in [0.2, 0.25) is 0 Å². The minimum atomic E-state index is -4.33. The molecule has 0 saturated heterocycles. The fraction of sp³-hybridized carbons (Fsp3) is 0.348. The van der Waals surface area contributed by atoms with Gasteiger partial charge in [0.15, 0.2) is 0 Å². The van der Waals surface area contributed by atoms with E-state index in [0.717, 1.165) is 31.3 Å². The summed E-state index contributed by atoms with van der Waals surface area (Å²) in [5.74, 6) is 0.930. The molecule has 1 aliphatic carbocycles. The summed E-state index contributed by atoms with van der Waals surface area (Å²) in [6.45, 7) is 3.33. The number of alkyl halides is 3. The molecule has 152 valence electrons. The van der Waals surface area contributed by atoms with Gasteiger partial charge in [-0.25, -0.2) is 4.98 Å². The van der Waals surface area contributed by atoms with Crippen LogP contribution in [0.25, 0.3) is 0 Å². The molecule has 29 heavy (non-hydrogen) atoms. The van der Waals surface area contributed by atoms with E-state index >= 15 is 0 Å². The van der Waals surface area contributed by atoms with Crippen LogP contribution in [0.5, 0.6) is 0 Å². The van der Waals surface area contributed by atoms with Crippen LogP contribution in [0.4, 0.5) is 13.2 Å². The molecule has 0 bridgehead atoms. The Balaban J connectivity index is 1.55. The van der Waals surface area contributed by atoms with Crippen molar-refractivity contribution < 1.29 is 13.2 Å². The molecule has 0 aliphatic heterocycles. The second kappa shape index (κ2) is 8.03. The average molecular weight is 399 g/mol. The summed E-state index contributed by atoms with van der Waals surface area (Å²) >= 11 is 0. The highest BCUT2D eigenvalue weighted by Crippen LogP contribution is 2.37. The number of hydrogen-bond donors (Lipinski definition) is 0. The molecule has 1 aliphatic rings. The highest BCUT2D eigenvalue weighted by molar-refractivity contribution is 5.28. The Hall–Kier alpha value is -2.60. The van der Waals surface area contributed by atoms with Gasteiger partial charge in [0, 0.05) is 31.0 Å². The molecule has 0 amide bonds. The topological polar surface area (TPSA) is 21.1 Å². The maximum atomic E-state index is 13.1. The SMILES string of the molecule is CC(c1cccc(C(F)(F)F)c1)N(Cc1nccn1Cc1ccccc1)C1CC1. The zero-order chi connectivity index (χ0) is 20.4. The molecular weight excluding hydrogens is 375 g/mol. The van der Waals surface area contributed by atoms with Gasteiger partial charge in [-0.1, -0.05) is 42.5 Å². The molecular formula is C23H24F3N3. The van der Waals surface area contributed by atoms with Crippen molar-refractivity contribution in [2.75, 3.05) is 0 Å². The summed E-state index contributed by atoms with van der Waals surface area (Å²) in [5, 5.41) is 0. The first-order valence-corrected chi connectivity index (χ1v) is 9.88. The molecule has 0 spiro atoms. The molecule has 2 aromatic carbocycles. The van der Waals surface area contributed by atoms with Gasteiger partial charge in [0.25, 0.3) is 0 Å². The minimum absolute atomic E-state index is 0.119. The zero-order valence-corrected chi connectivity index (χ0v) is 16.3. The van der Waals surface area contributed by atoms with Crippen molar-refractivity contribution in [2.24, 2.45) is 0 Å². The standard InChI is InChI=1S/C23H24F3N3/c1-17(19-8-5-9-20(14-19)23(24,25)26)29(21-10-11-21)16-22-27-12-13-28(22)15-18-6-3-2-4-7-18/h2-9,12-14,17,21H,10-11,15-16H2,1H3. The van der Waals surface area contributed by atoms with Gasteiger partial charge < -0.3 is 4.57 Å².